The molecule has 3 aromatic rings. The van der Waals surface area contributed by atoms with E-state index in [-0.39, 0.29) is 11.6 Å². The van der Waals surface area contributed by atoms with E-state index in [1.54, 1.807) is 43.0 Å². The van der Waals surface area contributed by atoms with Crippen molar-refractivity contribution in [3.05, 3.63) is 64.9 Å². The molecule has 0 unspecified atom stereocenters. The van der Waals surface area contributed by atoms with Gasteiger partial charge in [0.1, 0.15) is 5.75 Å². The minimum Gasteiger partial charge on any atom is -0.497 e. The maximum atomic E-state index is 12.4. The van der Waals surface area contributed by atoms with E-state index >= 15 is 0 Å². The lowest BCUT2D eigenvalue weighted by atomic mass is 10.2. The van der Waals surface area contributed by atoms with E-state index in [4.69, 9.17) is 16.3 Å². The Hall–Kier alpha value is -2.86. The second-order valence-corrected chi connectivity index (χ2v) is 5.54. The van der Waals surface area contributed by atoms with Crippen LogP contribution >= 0.6 is 11.6 Å². The van der Waals surface area contributed by atoms with Gasteiger partial charge in [-0.3, -0.25) is 4.79 Å². The zero-order valence-corrected chi connectivity index (χ0v) is 13.9. The van der Waals surface area contributed by atoms with Crippen molar-refractivity contribution < 1.29 is 9.53 Å². The average molecular weight is 343 g/mol. The highest BCUT2D eigenvalue weighted by Crippen LogP contribution is 2.19. The molecule has 0 saturated heterocycles. The second-order valence-electron chi connectivity index (χ2n) is 5.10. The number of nitrogens with one attached hydrogen (secondary N) is 1. The van der Waals surface area contributed by atoms with E-state index in [1.807, 2.05) is 24.3 Å². The number of anilines is 1. The summed E-state index contributed by atoms with van der Waals surface area (Å²) in [5, 5.41) is 11.4. The summed E-state index contributed by atoms with van der Waals surface area (Å²) >= 11 is 5.92. The maximum Gasteiger partial charge on any atom is 0.278 e. The molecule has 2 aromatic carbocycles. The third-order valence-corrected chi connectivity index (χ3v) is 3.73. The molecule has 1 aromatic heterocycles. The molecule has 1 amide bonds. The molecule has 7 heteroatoms. The molecule has 0 aliphatic carbocycles. The summed E-state index contributed by atoms with van der Waals surface area (Å²) in [7, 11) is 1.59. The minimum absolute atomic E-state index is 0.248. The summed E-state index contributed by atoms with van der Waals surface area (Å²) in [4.78, 5) is 12.4. The molecule has 6 nitrogen and oxygen atoms in total. The Bertz CT molecular complexity index is 892. The Labute approximate surface area is 144 Å². The van der Waals surface area contributed by atoms with E-state index < -0.39 is 0 Å². The summed E-state index contributed by atoms with van der Waals surface area (Å²) in [6.07, 6.45) is 0. The van der Waals surface area contributed by atoms with Crippen molar-refractivity contribution in [3.8, 4) is 11.4 Å². The molecule has 0 fully saturated rings. The van der Waals surface area contributed by atoms with Crippen molar-refractivity contribution in [3.63, 3.8) is 0 Å². The third kappa shape index (κ3) is 3.23. The van der Waals surface area contributed by atoms with Gasteiger partial charge in [-0.05, 0) is 37.3 Å². The highest BCUT2D eigenvalue weighted by Gasteiger charge is 2.17. The Morgan fingerprint density at radius 2 is 2.00 bits per heavy atom. The summed E-state index contributed by atoms with van der Waals surface area (Å²) in [5.74, 6) is 0.358. The first-order valence-electron chi connectivity index (χ1n) is 7.22. The van der Waals surface area contributed by atoms with Crippen molar-refractivity contribution in [1.29, 1.82) is 0 Å². The predicted molar refractivity (Wildman–Crippen MR) is 92.1 cm³/mol. The first-order chi connectivity index (χ1) is 11.6. The molecular formula is C17H15ClN4O2. The SMILES string of the molecule is COc1cccc(-n2nnc(C(=O)Nc3cccc(Cl)c3)c2C)c1. The number of benzene rings is 2. The van der Waals surface area contributed by atoms with Gasteiger partial charge in [0.05, 0.1) is 18.5 Å². The van der Waals surface area contributed by atoms with Gasteiger partial charge in [0.15, 0.2) is 5.69 Å². The van der Waals surface area contributed by atoms with E-state index in [0.29, 0.717) is 22.2 Å². The minimum atomic E-state index is -0.344. The van der Waals surface area contributed by atoms with Crippen molar-refractivity contribution in [2.75, 3.05) is 12.4 Å². The largest absolute Gasteiger partial charge is 0.497 e. The normalized spacial score (nSPS) is 10.5. The summed E-state index contributed by atoms with van der Waals surface area (Å²) in [5.41, 5.74) is 2.24. The number of hydrogen-bond donors (Lipinski definition) is 1. The molecule has 1 N–H and O–H groups in total. The molecule has 0 atom stereocenters. The van der Waals surface area contributed by atoms with Crippen molar-refractivity contribution in [1.82, 2.24) is 15.0 Å². The molecule has 0 spiro atoms. The van der Waals surface area contributed by atoms with Crippen LogP contribution in [-0.2, 0) is 0 Å². The molecule has 0 bridgehead atoms. The summed E-state index contributed by atoms with van der Waals surface area (Å²) in [6.45, 7) is 1.78. The van der Waals surface area contributed by atoms with E-state index in [2.05, 4.69) is 15.6 Å². The van der Waals surface area contributed by atoms with Gasteiger partial charge in [0.25, 0.3) is 5.91 Å². The number of aromatic nitrogens is 3. The molecule has 24 heavy (non-hydrogen) atoms. The monoisotopic (exact) mass is 342 g/mol. The molecule has 1 heterocycles. The first kappa shape index (κ1) is 16.0. The summed E-state index contributed by atoms with van der Waals surface area (Å²) in [6, 6.07) is 14.3. The fourth-order valence-corrected chi connectivity index (χ4v) is 2.47. The van der Waals surface area contributed by atoms with Crippen molar-refractivity contribution >= 4 is 23.2 Å². The Morgan fingerprint density at radius 3 is 2.75 bits per heavy atom. The van der Waals surface area contributed by atoms with E-state index in [0.717, 1.165) is 5.69 Å². The number of halogens is 1. The van der Waals surface area contributed by atoms with Gasteiger partial charge in [0, 0.05) is 16.8 Å². The lowest BCUT2D eigenvalue weighted by Gasteiger charge is -2.06. The lowest BCUT2D eigenvalue weighted by molar-refractivity contribution is 0.102. The average Bonchev–Trinajstić information content (AvgIpc) is 2.96. The van der Waals surface area contributed by atoms with E-state index in [1.165, 1.54) is 0 Å². The molecule has 122 valence electrons. The van der Waals surface area contributed by atoms with Gasteiger partial charge in [-0.1, -0.05) is 28.9 Å². The van der Waals surface area contributed by atoms with Crippen LogP contribution in [0, 0.1) is 6.92 Å². The highest BCUT2D eigenvalue weighted by molar-refractivity contribution is 6.30. The van der Waals surface area contributed by atoms with Gasteiger partial charge in [-0.25, -0.2) is 4.68 Å². The molecule has 0 radical (unpaired) electrons. The number of amides is 1. The number of hydrogen-bond acceptors (Lipinski definition) is 4. The Morgan fingerprint density at radius 1 is 1.21 bits per heavy atom. The zero-order valence-electron chi connectivity index (χ0n) is 13.2. The van der Waals surface area contributed by atoms with Crippen LogP contribution in [0.5, 0.6) is 5.75 Å². The Kier molecular flexibility index (Phi) is 4.48. The number of nitrogens with zero attached hydrogens (tertiary/aromatic N) is 3. The molecule has 0 aliphatic heterocycles. The number of rotatable bonds is 4. The topological polar surface area (TPSA) is 69.0 Å². The fourth-order valence-electron chi connectivity index (χ4n) is 2.28. The smallest absolute Gasteiger partial charge is 0.278 e. The van der Waals surface area contributed by atoms with Crippen LogP contribution < -0.4 is 10.1 Å². The maximum absolute atomic E-state index is 12.4. The fraction of sp³-hybridized carbons (Fsp3) is 0.118. The lowest BCUT2D eigenvalue weighted by Crippen LogP contribution is -2.14. The van der Waals surface area contributed by atoms with Crippen molar-refractivity contribution in [2.24, 2.45) is 0 Å². The molecule has 3 rings (SSSR count). The van der Waals surface area contributed by atoms with Crippen LogP contribution in [0.15, 0.2) is 48.5 Å². The third-order valence-electron chi connectivity index (χ3n) is 3.49. The van der Waals surface area contributed by atoms with Gasteiger partial charge in [-0.2, -0.15) is 0 Å². The van der Waals surface area contributed by atoms with Crippen LogP contribution in [0.25, 0.3) is 5.69 Å². The van der Waals surface area contributed by atoms with Crippen LogP contribution in [0.4, 0.5) is 5.69 Å². The number of carbonyl (C=O) groups excluding carboxylic acids is 1. The Balaban J connectivity index is 1.87. The quantitative estimate of drug-likeness (QED) is 0.788. The molecule has 0 aliphatic rings. The number of methoxy groups -OCH3 is 1. The second kappa shape index (κ2) is 6.72. The predicted octanol–water partition coefficient (Wildman–Crippen LogP) is 3.49. The van der Waals surface area contributed by atoms with Crippen LogP contribution in [-0.4, -0.2) is 28.0 Å². The molecular weight excluding hydrogens is 328 g/mol. The standard InChI is InChI=1S/C17H15ClN4O2/c1-11-16(17(23)19-13-6-3-5-12(18)9-13)20-21-22(11)14-7-4-8-15(10-14)24-2/h3-10H,1-2H3,(H,19,23). The highest BCUT2D eigenvalue weighted by atomic mass is 35.5. The summed E-state index contributed by atoms with van der Waals surface area (Å²) < 4.78 is 6.80. The van der Waals surface area contributed by atoms with Gasteiger partial charge in [-0.15, -0.1) is 5.10 Å². The van der Waals surface area contributed by atoms with Crippen LogP contribution in [0.3, 0.4) is 0 Å². The zero-order chi connectivity index (χ0) is 17.1. The van der Waals surface area contributed by atoms with Crippen LogP contribution in [0.1, 0.15) is 16.2 Å². The van der Waals surface area contributed by atoms with Crippen molar-refractivity contribution in [2.45, 2.75) is 6.92 Å². The number of ether oxygens (including phenoxy) is 1. The van der Waals surface area contributed by atoms with Gasteiger partial charge in [0.2, 0.25) is 0 Å². The molecule has 0 saturated carbocycles. The van der Waals surface area contributed by atoms with Crippen LogP contribution in [0.2, 0.25) is 5.02 Å². The van der Waals surface area contributed by atoms with Gasteiger partial charge >= 0.3 is 0 Å². The van der Waals surface area contributed by atoms with Gasteiger partial charge < -0.3 is 10.1 Å². The van der Waals surface area contributed by atoms with E-state index in [9.17, 15) is 4.79 Å². The number of carbonyl (C=O) groups is 1. The first-order valence-corrected chi connectivity index (χ1v) is 7.60.